The Morgan fingerprint density at radius 2 is 0.786 bits per heavy atom. The smallest absolute Gasteiger partial charge is 1.00 e. The van der Waals surface area contributed by atoms with Crippen molar-refractivity contribution >= 4 is 13.3 Å². The van der Waals surface area contributed by atoms with Crippen LogP contribution in [0.5, 0.6) is 0 Å². The summed E-state index contributed by atoms with van der Waals surface area (Å²) >= 11 is 0. The van der Waals surface area contributed by atoms with Crippen LogP contribution in [0.1, 0.15) is 0 Å². The van der Waals surface area contributed by atoms with E-state index < -0.39 is 34.5 Å². The zero-order valence-corrected chi connectivity index (χ0v) is 6.22. The van der Waals surface area contributed by atoms with Crippen LogP contribution >= 0.6 is 0 Å². The second-order valence-electron chi connectivity index (χ2n) is 1.98. The fourth-order valence-corrected chi connectivity index (χ4v) is 0.622. The van der Waals surface area contributed by atoms with E-state index >= 15 is 0 Å². The number of hydrogen-bond donors (Lipinski definition) is 0. The number of benzene rings is 1. The van der Waals surface area contributed by atoms with Gasteiger partial charge in [-0.3, -0.25) is 0 Å². The molecule has 0 amide bonds. The predicted octanol–water partition coefficient (Wildman–Crippen LogP) is -4.82. The van der Waals surface area contributed by atoms with Crippen molar-refractivity contribution in [2.45, 2.75) is 0 Å². The molecule has 1 aromatic carbocycles. The van der Waals surface area contributed by atoms with Crippen molar-refractivity contribution < 1.29 is 31.4 Å². The predicted molar refractivity (Wildman–Crippen MR) is 31.6 cm³/mol. The molecule has 0 aliphatic carbocycles. The van der Waals surface area contributed by atoms with Gasteiger partial charge >= 0.3 is 64.3 Å². The minimum atomic E-state index is -2.21. The SMILES string of the molecule is [B+2]c1c(F)c(F)c(F)c(F)c1F.[F-].[F-]. The molecule has 0 aliphatic rings. The van der Waals surface area contributed by atoms with Gasteiger partial charge in [-0.1, -0.05) is 0 Å². The Bertz CT molecular complexity index is 232. The molecule has 0 saturated carbocycles. The van der Waals surface area contributed by atoms with E-state index in [0.717, 1.165) is 0 Å². The molecule has 0 unspecified atom stereocenters. The molecule has 1 aromatic rings. The minimum Gasteiger partial charge on any atom is -1.00 e. The summed E-state index contributed by atoms with van der Waals surface area (Å²) in [5.41, 5.74) is -1.37. The molecule has 0 N–H and O–H groups in total. The fraction of sp³-hybridized carbons (Fsp3) is 0. The summed E-state index contributed by atoms with van der Waals surface area (Å²) in [6.07, 6.45) is 0. The van der Waals surface area contributed by atoms with Crippen LogP contribution < -0.4 is 14.9 Å². The van der Waals surface area contributed by atoms with E-state index in [9.17, 15) is 22.0 Å². The van der Waals surface area contributed by atoms with Gasteiger partial charge in [0.25, 0.3) is 0 Å². The minimum absolute atomic E-state index is 0. The summed E-state index contributed by atoms with van der Waals surface area (Å²) in [6.45, 7) is 0. The first-order valence-electron chi connectivity index (χ1n) is 2.73. The van der Waals surface area contributed by atoms with Gasteiger partial charge in [-0.15, -0.1) is 0 Å². The normalized spacial score (nSPS) is 9.07. The van der Waals surface area contributed by atoms with Gasteiger partial charge in [0.15, 0.2) is 0 Å². The molecule has 0 saturated heterocycles. The van der Waals surface area contributed by atoms with Crippen molar-refractivity contribution in [2.24, 2.45) is 0 Å². The van der Waals surface area contributed by atoms with Crippen LogP contribution in [-0.2, 0) is 0 Å². The Morgan fingerprint density at radius 3 is 1.07 bits per heavy atom. The maximum atomic E-state index is 12.3. The van der Waals surface area contributed by atoms with Gasteiger partial charge in [0.2, 0.25) is 0 Å². The number of hydrogen-bond acceptors (Lipinski definition) is 0. The van der Waals surface area contributed by atoms with Crippen LogP contribution in [0.2, 0.25) is 0 Å². The second kappa shape index (κ2) is 4.87. The maximum Gasteiger partial charge on any atom is -1.00 e. The van der Waals surface area contributed by atoms with Crippen LogP contribution in [0.4, 0.5) is 22.0 Å². The van der Waals surface area contributed by atoms with Crippen molar-refractivity contribution in [1.82, 2.24) is 0 Å². The summed E-state index contributed by atoms with van der Waals surface area (Å²) < 4.78 is 61.1. The number of rotatable bonds is 0. The molecule has 76 valence electrons. The average molecular weight is 216 g/mol. The van der Waals surface area contributed by atoms with Crippen LogP contribution in [0.3, 0.4) is 0 Å². The standard InChI is InChI=1S/C6BF5.2FH/c7-1-2(8)4(10)6(12)5(11)3(1)9;;/h;2*1H/q+2;;/p-2. The van der Waals surface area contributed by atoms with E-state index in [1.165, 1.54) is 0 Å². The van der Waals surface area contributed by atoms with E-state index in [1.807, 2.05) is 0 Å². The molecule has 1 rings (SSSR count). The van der Waals surface area contributed by atoms with Crippen molar-refractivity contribution in [3.05, 3.63) is 29.1 Å². The molecule has 0 aromatic heterocycles. The van der Waals surface area contributed by atoms with Crippen LogP contribution in [-0.4, -0.2) is 7.85 Å². The van der Waals surface area contributed by atoms with Crippen molar-refractivity contribution in [3.8, 4) is 0 Å². The average Bonchev–Trinajstić information content (AvgIpc) is 2.08. The third-order valence-corrected chi connectivity index (χ3v) is 1.24. The quantitative estimate of drug-likeness (QED) is 0.177. The van der Waals surface area contributed by atoms with Gasteiger partial charge in [-0.2, -0.15) is 0 Å². The summed E-state index contributed by atoms with van der Waals surface area (Å²) in [4.78, 5) is 0. The molecule has 14 heavy (non-hydrogen) atoms. The first-order valence-corrected chi connectivity index (χ1v) is 2.73. The summed E-state index contributed by atoms with van der Waals surface area (Å²) in [7, 11) is 4.56. The Hall–Kier alpha value is -1.21. The third-order valence-electron chi connectivity index (χ3n) is 1.24. The molecular formula is C6BF7. The van der Waals surface area contributed by atoms with Gasteiger partial charge in [-0.05, 0) is 0 Å². The summed E-state index contributed by atoms with van der Waals surface area (Å²) in [6, 6.07) is 0. The molecule has 0 atom stereocenters. The monoisotopic (exact) mass is 216 g/mol. The molecular weight excluding hydrogens is 216 g/mol. The zero-order chi connectivity index (χ0) is 9.46. The molecule has 0 nitrogen and oxygen atoms in total. The van der Waals surface area contributed by atoms with Crippen LogP contribution in [0.15, 0.2) is 0 Å². The molecule has 0 bridgehead atoms. The molecule has 0 spiro atoms. The summed E-state index contributed by atoms with van der Waals surface area (Å²) in [5, 5.41) is 0. The second-order valence-corrected chi connectivity index (χ2v) is 1.98. The Kier molecular flexibility index (Phi) is 5.32. The van der Waals surface area contributed by atoms with Crippen LogP contribution in [0.25, 0.3) is 0 Å². The first kappa shape index (κ1) is 15.3. The molecule has 0 aliphatic heterocycles. The largest absolute Gasteiger partial charge is 1.00 e. The summed E-state index contributed by atoms with van der Waals surface area (Å²) in [5.74, 6) is -10.3. The van der Waals surface area contributed by atoms with E-state index in [0.29, 0.717) is 0 Å². The van der Waals surface area contributed by atoms with Gasteiger partial charge in [0, 0.05) is 0 Å². The van der Waals surface area contributed by atoms with Crippen molar-refractivity contribution in [2.75, 3.05) is 0 Å². The topological polar surface area (TPSA) is 0 Å². The maximum absolute atomic E-state index is 12.3. The molecule has 0 fully saturated rings. The van der Waals surface area contributed by atoms with Crippen molar-refractivity contribution in [1.29, 1.82) is 0 Å². The Labute approximate surface area is 74.9 Å². The Balaban J connectivity index is 0. The van der Waals surface area contributed by atoms with E-state index in [1.54, 1.807) is 0 Å². The molecule has 0 heterocycles. The van der Waals surface area contributed by atoms with E-state index in [2.05, 4.69) is 7.85 Å². The zero-order valence-electron chi connectivity index (χ0n) is 6.22. The van der Waals surface area contributed by atoms with Gasteiger partial charge in [-0.25, -0.2) is 0 Å². The number of halogens is 7. The van der Waals surface area contributed by atoms with Gasteiger partial charge in [0.1, 0.15) is 0 Å². The van der Waals surface area contributed by atoms with E-state index in [-0.39, 0.29) is 9.41 Å². The van der Waals surface area contributed by atoms with Crippen molar-refractivity contribution in [3.63, 3.8) is 0 Å². The molecule has 8 heteroatoms. The third kappa shape index (κ3) is 1.99. The first-order chi connectivity index (χ1) is 5.46. The molecule has 0 radical (unpaired) electrons. The Morgan fingerprint density at radius 1 is 0.571 bits per heavy atom. The van der Waals surface area contributed by atoms with Gasteiger partial charge in [0.05, 0.1) is 0 Å². The van der Waals surface area contributed by atoms with Gasteiger partial charge < -0.3 is 9.41 Å². The van der Waals surface area contributed by atoms with E-state index in [4.69, 9.17) is 0 Å². The van der Waals surface area contributed by atoms with Crippen LogP contribution in [0, 0.1) is 29.1 Å². The fourth-order valence-electron chi connectivity index (χ4n) is 0.622.